The van der Waals surface area contributed by atoms with E-state index in [0.717, 1.165) is 10.1 Å². The van der Waals surface area contributed by atoms with Gasteiger partial charge in [-0.3, -0.25) is 0 Å². The molecule has 0 radical (unpaired) electrons. The Labute approximate surface area is 210 Å². The molecule has 1 aromatic heterocycles. The van der Waals surface area contributed by atoms with Crippen molar-refractivity contribution in [2.45, 2.75) is 16.2 Å². The number of imidazole rings is 1. The maximum Gasteiger partial charge on any atom is 1.00 e. The van der Waals surface area contributed by atoms with Crippen molar-refractivity contribution in [1.82, 2.24) is 9.55 Å². The third-order valence-corrected chi connectivity index (χ3v) is 5.66. The van der Waals surface area contributed by atoms with E-state index in [0.29, 0.717) is 28.5 Å². The molecule has 1 heterocycles. The van der Waals surface area contributed by atoms with Gasteiger partial charge < -0.3 is 38.0 Å². The first-order chi connectivity index (χ1) is 15.6. The van der Waals surface area contributed by atoms with Crippen LogP contribution in [0.3, 0.4) is 0 Å². The van der Waals surface area contributed by atoms with Crippen LogP contribution in [-0.2, 0) is 21.3 Å². The first-order valence-corrected chi connectivity index (χ1v) is 10.6. The van der Waals surface area contributed by atoms with E-state index < -0.39 is 6.10 Å². The standard InChI is InChI=1S/C23H27N2O6S.Li/c1-25-18(13-24-23(25)32-16-9-7-6-8-10-16)20(30-14-26-2)17-11-12-19(28-4)22(29-5)21(17)31-15-27-3;/h6-12,20H,14-15H2,1-5H3;/q-1;+1. The van der Waals surface area contributed by atoms with Crippen molar-refractivity contribution >= 4 is 11.8 Å². The van der Waals surface area contributed by atoms with Gasteiger partial charge in [-0.25, -0.2) is 0 Å². The minimum Gasteiger partial charge on any atom is -0.493 e. The fourth-order valence-corrected chi connectivity index (χ4v) is 3.95. The molecule has 1 atom stereocenters. The van der Waals surface area contributed by atoms with Crippen molar-refractivity contribution in [3.63, 3.8) is 0 Å². The van der Waals surface area contributed by atoms with Crippen molar-refractivity contribution in [3.05, 3.63) is 59.9 Å². The van der Waals surface area contributed by atoms with Crippen LogP contribution in [0.25, 0.3) is 0 Å². The number of nitrogens with zero attached hydrogens (tertiary/aromatic N) is 2. The van der Waals surface area contributed by atoms with Crippen LogP contribution in [0.15, 0.2) is 52.5 Å². The molecule has 0 aliphatic rings. The van der Waals surface area contributed by atoms with Crippen molar-refractivity contribution < 1.29 is 47.3 Å². The normalized spacial score (nSPS) is 11.5. The van der Waals surface area contributed by atoms with Crippen LogP contribution in [0.4, 0.5) is 0 Å². The Bertz CT molecular complexity index is 1000. The number of benzene rings is 2. The Morgan fingerprint density at radius 2 is 1.67 bits per heavy atom. The molecule has 0 amide bonds. The zero-order valence-electron chi connectivity index (χ0n) is 19.8. The van der Waals surface area contributed by atoms with Crippen LogP contribution in [0.1, 0.15) is 17.4 Å². The summed E-state index contributed by atoms with van der Waals surface area (Å²) in [4.78, 5) is 5.57. The molecule has 0 saturated carbocycles. The first-order valence-electron chi connectivity index (χ1n) is 9.78. The Morgan fingerprint density at radius 1 is 0.939 bits per heavy atom. The van der Waals surface area contributed by atoms with Crippen molar-refractivity contribution in [2.75, 3.05) is 42.0 Å². The molecule has 3 aromatic rings. The summed E-state index contributed by atoms with van der Waals surface area (Å²) in [5, 5.41) is 0.775. The smallest absolute Gasteiger partial charge is 0.493 e. The number of ether oxygens (including phenoxy) is 6. The largest absolute Gasteiger partial charge is 1.00 e. The van der Waals surface area contributed by atoms with Gasteiger partial charge in [0.05, 0.1) is 14.2 Å². The van der Waals surface area contributed by atoms with Gasteiger partial charge >= 0.3 is 18.9 Å². The van der Waals surface area contributed by atoms with Crippen LogP contribution < -0.4 is 33.1 Å². The summed E-state index contributed by atoms with van der Waals surface area (Å²) >= 11 is 1.54. The summed E-state index contributed by atoms with van der Waals surface area (Å²) in [6.07, 6.45) is 2.51. The van der Waals surface area contributed by atoms with Gasteiger partial charge in [0, 0.05) is 24.9 Å². The molecule has 172 valence electrons. The second-order valence-electron chi connectivity index (χ2n) is 6.59. The van der Waals surface area contributed by atoms with Gasteiger partial charge in [0.2, 0.25) is 5.75 Å². The minimum atomic E-state index is -0.593. The zero-order chi connectivity index (χ0) is 22.9. The van der Waals surface area contributed by atoms with Crippen LogP contribution in [0.5, 0.6) is 17.2 Å². The Balaban J connectivity index is 0.00000385. The molecule has 0 saturated heterocycles. The van der Waals surface area contributed by atoms with E-state index >= 15 is 0 Å². The summed E-state index contributed by atoms with van der Waals surface area (Å²) < 4.78 is 35.2. The zero-order valence-corrected chi connectivity index (χ0v) is 20.6. The summed E-state index contributed by atoms with van der Waals surface area (Å²) in [6.45, 7) is 0.0840. The Kier molecular flexibility index (Phi) is 11.1. The topological polar surface area (TPSA) is 73.2 Å². The second-order valence-corrected chi connectivity index (χ2v) is 7.63. The maximum absolute atomic E-state index is 6.06. The molecule has 3 rings (SSSR count). The van der Waals surface area contributed by atoms with Gasteiger partial charge in [0.15, 0.2) is 18.3 Å². The van der Waals surface area contributed by atoms with E-state index in [-0.39, 0.29) is 32.4 Å². The molecule has 0 aliphatic carbocycles. The van der Waals surface area contributed by atoms with E-state index in [1.165, 1.54) is 0 Å². The average Bonchev–Trinajstić information content (AvgIpc) is 3.18. The van der Waals surface area contributed by atoms with Crippen LogP contribution in [0, 0.1) is 6.20 Å². The molecule has 0 N–H and O–H groups in total. The van der Waals surface area contributed by atoms with Gasteiger partial charge in [-0.1, -0.05) is 18.2 Å². The third kappa shape index (κ3) is 6.48. The van der Waals surface area contributed by atoms with E-state index in [9.17, 15) is 0 Å². The SMILES string of the molecule is COCOc1c(C(OCOC)c2[c-]nc(Sc3ccccc3)n2C)ccc(OC)c1OC.[Li+]. The number of aromatic nitrogens is 2. The number of hydrogen-bond donors (Lipinski definition) is 0. The monoisotopic (exact) mass is 466 g/mol. The van der Waals surface area contributed by atoms with Crippen molar-refractivity contribution in [2.24, 2.45) is 7.05 Å². The molecule has 33 heavy (non-hydrogen) atoms. The fourth-order valence-electron chi connectivity index (χ4n) is 3.12. The second kappa shape index (κ2) is 13.6. The van der Waals surface area contributed by atoms with Gasteiger partial charge in [0.1, 0.15) is 12.9 Å². The molecule has 8 nitrogen and oxygen atoms in total. The molecule has 2 aromatic carbocycles. The van der Waals surface area contributed by atoms with E-state index in [1.54, 1.807) is 46.3 Å². The Morgan fingerprint density at radius 3 is 2.30 bits per heavy atom. The van der Waals surface area contributed by atoms with Crippen LogP contribution in [0.2, 0.25) is 0 Å². The summed E-state index contributed by atoms with van der Waals surface area (Å²) in [6, 6.07) is 13.7. The van der Waals surface area contributed by atoms with E-state index in [1.807, 2.05) is 48.0 Å². The fraction of sp³-hybridized carbons (Fsp3) is 0.348. The predicted molar refractivity (Wildman–Crippen MR) is 119 cm³/mol. The molecule has 0 bridgehead atoms. The molecule has 0 fully saturated rings. The van der Waals surface area contributed by atoms with Gasteiger partial charge in [-0.05, 0) is 41.9 Å². The predicted octanol–water partition coefficient (Wildman–Crippen LogP) is 1.09. The van der Waals surface area contributed by atoms with Crippen LogP contribution in [-0.4, -0.2) is 51.6 Å². The summed E-state index contributed by atoms with van der Waals surface area (Å²) in [7, 11) is 8.16. The molecule has 0 aliphatic heterocycles. The van der Waals surface area contributed by atoms with Gasteiger partial charge in [-0.15, -0.1) is 6.20 Å². The van der Waals surface area contributed by atoms with Crippen molar-refractivity contribution in [3.8, 4) is 17.2 Å². The summed E-state index contributed by atoms with van der Waals surface area (Å²) in [5.74, 6) is 1.41. The quantitative estimate of drug-likeness (QED) is 0.223. The molecule has 0 spiro atoms. The number of hydrogen-bond acceptors (Lipinski definition) is 8. The van der Waals surface area contributed by atoms with Gasteiger partial charge in [0.25, 0.3) is 0 Å². The van der Waals surface area contributed by atoms with Crippen molar-refractivity contribution in [1.29, 1.82) is 0 Å². The molecular weight excluding hydrogens is 439 g/mol. The number of methoxy groups -OCH3 is 4. The maximum atomic E-state index is 6.06. The van der Waals surface area contributed by atoms with Crippen LogP contribution >= 0.6 is 11.8 Å². The average molecular weight is 466 g/mol. The molecular formula is C23H27LiN2O6S. The first kappa shape index (κ1) is 27.1. The number of rotatable bonds is 12. The molecule has 10 heteroatoms. The Hall–Kier alpha value is -2.12. The van der Waals surface area contributed by atoms with E-state index in [4.69, 9.17) is 28.4 Å². The minimum absolute atomic E-state index is 0. The van der Waals surface area contributed by atoms with E-state index in [2.05, 4.69) is 11.2 Å². The molecule has 1 unspecified atom stereocenters. The summed E-state index contributed by atoms with van der Waals surface area (Å²) in [5.41, 5.74) is 1.40. The van der Waals surface area contributed by atoms with Gasteiger partial charge in [-0.2, -0.15) is 11.8 Å². The third-order valence-electron chi connectivity index (χ3n) is 4.60.